The van der Waals surface area contributed by atoms with Crippen molar-refractivity contribution < 1.29 is 15.0 Å². The van der Waals surface area contributed by atoms with Crippen molar-refractivity contribution in [2.75, 3.05) is 31.6 Å². The average molecular weight is 317 g/mol. The van der Waals surface area contributed by atoms with Crippen LogP contribution in [-0.2, 0) is 4.79 Å². The molecular weight excluding hydrogens is 298 g/mol. The van der Waals surface area contributed by atoms with Gasteiger partial charge in [0.15, 0.2) is 11.5 Å². The van der Waals surface area contributed by atoms with Crippen molar-refractivity contribution in [3.05, 3.63) is 17.7 Å². The van der Waals surface area contributed by atoms with Crippen LogP contribution in [0.4, 0.5) is 11.4 Å². The second kappa shape index (κ2) is 5.88. The van der Waals surface area contributed by atoms with Gasteiger partial charge < -0.3 is 15.5 Å². The van der Waals surface area contributed by atoms with E-state index in [2.05, 4.69) is 10.3 Å². The van der Waals surface area contributed by atoms with Crippen molar-refractivity contribution in [1.29, 1.82) is 5.41 Å². The van der Waals surface area contributed by atoms with E-state index in [1.165, 1.54) is 11.1 Å². The lowest BCUT2D eigenvalue weighted by Crippen LogP contribution is -2.33. The van der Waals surface area contributed by atoms with Crippen molar-refractivity contribution in [3.63, 3.8) is 0 Å². The minimum Gasteiger partial charge on any atom is -0.508 e. The van der Waals surface area contributed by atoms with Crippen molar-refractivity contribution in [2.24, 2.45) is 4.99 Å². The van der Waals surface area contributed by atoms with Crippen LogP contribution in [0.5, 0.6) is 5.75 Å². The molecule has 0 radical (unpaired) electrons. The Labute approximate surface area is 133 Å². The van der Waals surface area contributed by atoms with Gasteiger partial charge in [0, 0.05) is 25.7 Å². The number of aliphatic imine (C=N–C) groups is 1. The SMILES string of the molecule is Cc1cc(N=C2C(=N)N3CCCN3C2=O)c(NCCO)cc1O. The van der Waals surface area contributed by atoms with Gasteiger partial charge in [0.1, 0.15) is 5.75 Å². The fourth-order valence-corrected chi connectivity index (χ4v) is 2.73. The fourth-order valence-electron chi connectivity index (χ4n) is 2.73. The average Bonchev–Trinajstić information content (AvgIpc) is 3.09. The van der Waals surface area contributed by atoms with Crippen molar-refractivity contribution in [1.82, 2.24) is 10.0 Å². The zero-order valence-electron chi connectivity index (χ0n) is 12.8. The van der Waals surface area contributed by atoms with Crippen LogP contribution < -0.4 is 5.32 Å². The van der Waals surface area contributed by atoms with E-state index in [4.69, 9.17) is 10.5 Å². The molecule has 0 bridgehead atoms. The Morgan fingerprint density at radius 3 is 2.78 bits per heavy atom. The van der Waals surface area contributed by atoms with Gasteiger partial charge in [-0.05, 0) is 25.0 Å². The molecule has 3 rings (SSSR count). The Bertz CT molecular complexity index is 677. The summed E-state index contributed by atoms with van der Waals surface area (Å²) in [6, 6.07) is 3.16. The molecule has 0 aromatic heterocycles. The zero-order chi connectivity index (χ0) is 16.6. The molecule has 1 aromatic carbocycles. The van der Waals surface area contributed by atoms with Crippen LogP contribution in [0.2, 0.25) is 0 Å². The van der Waals surface area contributed by atoms with E-state index in [0.717, 1.165) is 6.42 Å². The number of amidine groups is 1. The molecule has 2 aliphatic rings. The molecule has 1 amide bonds. The van der Waals surface area contributed by atoms with Gasteiger partial charge in [-0.3, -0.25) is 15.2 Å². The highest BCUT2D eigenvalue weighted by Crippen LogP contribution is 2.33. The minimum absolute atomic E-state index is 0.0685. The molecule has 0 unspecified atom stereocenters. The molecule has 1 aromatic rings. The Morgan fingerprint density at radius 2 is 2.09 bits per heavy atom. The minimum atomic E-state index is -0.272. The number of nitrogens with zero attached hydrogens (tertiary/aromatic N) is 3. The lowest BCUT2D eigenvalue weighted by Gasteiger charge is -2.17. The first-order chi connectivity index (χ1) is 11.0. The number of nitrogens with one attached hydrogen (secondary N) is 2. The van der Waals surface area contributed by atoms with Crippen LogP contribution in [0.1, 0.15) is 12.0 Å². The number of phenols is 1. The van der Waals surface area contributed by atoms with Gasteiger partial charge in [0.25, 0.3) is 5.91 Å². The van der Waals surface area contributed by atoms with E-state index in [0.29, 0.717) is 36.6 Å². The number of hydrogen-bond donors (Lipinski definition) is 4. The van der Waals surface area contributed by atoms with Gasteiger partial charge in [-0.2, -0.15) is 0 Å². The second-order valence-electron chi connectivity index (χ2n) is 5.52. The number of rotatable bonds is 4. The highest BCUT2D eigenvalue weighted by molar-refractivity contribution is 6.68. The van der Waals surface area contributed by atoms with Crippen LogP contribution in [0.15, 0.2) is 17.1 Å². The third-order valence-electron chi connectivity index (χ3n) is 3.92. The molecule has 8 nitrogen and oxygen atoms in total. The third kappa shape index (κ3) is 2.61. The summed E-state index contributed by atoms with van der Waals surface area (Å²) < 4.78 is 0. The lowest BCUT2D eigenvalue weighted by atomic mass is 10.1. The van der Waals surface area contributed by atoms with Crippen molar-refractivity contribution in [3.8, 4) is 5.75 Å². The van der Waals surface area contributed by atoms with Crippen molar-refractivity contribution >= 4 is 28.8 Å². The molecule has 0 atom stereocenters. The van der Waals surface area contributed by atoms with Gasteiger partial charge in [0.2, 0.25) is 0 Å². The summed E-state index contributed by atoms with van der Waals surface area (Å²) in [7, 11) is 0. The number of anilines is 1. The number of carbonyl (C=O) groups excluding carboxylic acids is 1. The second-order valence-corrected chi connectivity index (χ2v) is 5.52. The van der Waals surface area contributed by atoms with E-state index in [1.807, 2.05) is 0 Å². The molecule has 2 heterocycles. The smallest absolute Gasteiger partial charge is 0.294 e. The molecule has 2 fully saturated rings. The van der Waals surface area contributed by atoms with E-state index < -0.39 is 0 Å². The Kier molecular flexibility index (Phi) is 3.91. The van der Waals surface area contributed by atoms with Gasteiger partial charge >= 0.3 is 0 Å². The third-order valence-corrected chi connectivity index (χ3v) is 3.92. The summed E-state index contributed by atoms with van der Waals surface area (Å²) in [5, 5.41) is 33.1. The molecule has 23 heavy (non-hydrogen) atoms. The number of amides is 1. The first-order valence-electron chi connectivity index (χ1n) is 7.48. The summed E-state index contributed by atoms with van der Waals surface area (Å²) in [5.41, 5.74) is 1.69. The zero-order valence-corrected chi connectivity index (χ0v) is 12.8. The number of phenolic OH excluding ortho intramolecular Hbond substituents is 1. The Morgan fingerprint density at radius 1 is 1.35 bits per heavy atom. The predicted octanol–water partition coefficient (Wildman–Crippen LogP) is 0.617. The summed E-state index contributed by atoms with van der Waals surface area (Å²) in [6.07, 6.45) is 0.850. The van der Waals surface area contributed by atoms with Gasteiger partial charge in [-0.1, -0.05) is 0 Å². The molecule has 122 valence electrons. The van der Waals surface area contributed by atoms with Crippen molar-refractivity contribution in [2.45, 2.75) is 13.3 Å². The number of benzene rings is 1. The van der Waals surface area contributed by atoms with E-state index in [9.17, 15) is 9.90 Å². The maximum atomic E-state index is 12.4. The number of hydrazine groups is 1. The normalized spacial score (nSPS) is 19.0. The summed E-state index contributed by atoms with van der Waals surface area (Å²) in [6.45, 7) is 3.21. The molecule has 2 saturated heterocycles. The number of carbonyl (C=O) groups is 1. The molecule has 8 heteroatoms. The van der Waals surface area contributed by atoms with Crippen LogP contribution >= 0.6 is 0 Å². The number of aliphatic hydroxyl groups is 1. The largest absolute Gasteiger partial charge is 0.508 e. The lowest BCUT2D eigenvalue weighted by molar-refractivity contribution is -0.129. The van der Waals surface area contributed by atoms with E-state index >= 15 is 0 Å². The molecule has 0 aliphatic carbocycles. The summed E-state index contributed by atoms with van der Waals surface area (Å²) in [4.78, 5) is 16.7. The molecule has 4 N–H and O–H groups in total. The summed E-state index contributed by atoms with van der Waals surface area (Å²) >= 11 is 0. The highest BCUT2D eigenvalue weighted by atomic mass is 16.3. The van der Waals surface area contributed by atoms with Gasteiger partial charge in [-0.15, -0.1) is 0 Å². The first-order valence-corrected chi connectivity index (χ1v) is 7.48. The standard InChI is InChI=1S/C15H19N5O3/c1-9-7-11(10(8-12(9)22)17-3-6-21)18-13-14(16)19-4-2-5-20(19)15(13)23/h7-8,16-17,21-22H,2-6H2,1H3. The van der Waals surface area contributed by atoms with E-state index in [-0.39, 0.29) is 29.8 Å². The number of aromatic hydroxyl groups is 1. The highest BCUT2D eigenvalue weighted by Gasteiger charge is 2.42. The van der Waals surface area contributed by atoms with Crippen LogP contribution in [0.3, 0.4) is 0 Å². The van der Waals surface area contributed by atoms with Crippen LogP contribution in [-0.4, -0.2) is 63.9 Å². The fraction of sp³-hybridized carbons (Fsp3) is 0.400. The maximum Gasteiger partial charge on any atom is 0.294 e. The number of hydrogen-bond acceptors (Lipinski definition) is 6. The number of aryl methyl sites for hydroxylation is 1. The quantitative estimate of drug-likeness (QED) is 0.650. The van der Waals surface area contributed by atoms with Gasteiger partial charge in [-0.25, -0.2) is 10.0 Å². The topological polar surface area (TPSA) is 112 Å². The molecule has 0 saturated carbocycles. The Balaban J connectivity index is 1.99. The molecule has 2 aliphatic heterocycles. The first kappa shape index (κ1) is 15.3. The summed E-state index contributed by atoms with van der Waals surface area (Å²) in [5.74, 6) is -0.0655. The van der Waals surface area contributed by atoms with Crippen LogP contribution in [0.25, 0.3) is 0 Å². The predicted molar refractivity (Wildman–Crippen MR) is 86.3 cm³/mol. The Hall–Kier alpha value is -2.61. The maximum absolute atomic E-state index is 12.4. The molecule has 0 spiro atoms. The number of fused-ring (bicyclic) bond motifs is 1. The number of aliphatic hydroxyl groups excluding tert-OH is 1. The van der Waals surface area contributed by atoms with Gasteiger partial charge in [0.05, 0.1) is 18.0 Å². The van der Waals surface area contributed by atoms with Crippen LogP contribution in [0, 0.1) is 12.3 Å². The van der Waals surface area contributed by atoms with E-state index in [1.54, 1.807) is 18.0 Å². The monoisotopic (exact) mass is 317 g/mol. The molecular formula is C15H19N5O3.